The standard InChI is InChI=1S/C25H37NO6S/c1-13-7-6-8-20-22(31-20)11-21(14(2)9-18-12-33-17(5)26-18)32-23(28)10-19(27)15(3)25(30)16(4)24(13)29/h9,12-13,15-16,19-22,24,27,29H,6-8,10-11H2,1-5H3/b14-9+/t13-,15+,16+,19-,20+,21-,22-,24-/m0/s1. The molecule has 2 aliphatic heterocycles. The van der Waals surface area contributed by atoms with Gasteiger partial charge >= 0.3 is 5.97 Å². The molecular formula is C25H37NO6S. The van der Waals surface area contributed by atoms with Crippen molar-refractivity contribution in [1.29, 1.82) is 0 Å². The van der Waals surface area contributed by atoms with E-state index in [4.69, 9.17) is 9.47 Å². The molecule has 2 N–H and O–H groups in total. The molecule has 8 atom stereocenters. The number of fused-ring (bicyclic) bond motifs is 1. The predicted molar refractivity (Wildman–Crippen MR) is 127 cm³/mol. The summed E-state index contributed by atoms with van der Waals surface area (Å²) in [7, 11) is 0. The number of hydrogen-bond donors (Lipinski definition) is 2. The van der Waals surface area contributed by atoms with E-state index in [1.165, 1.54) is 0 Å². The first-order valence-corrected chi connectivity index (χ1v) is 12.8. The van der Waals surface area contributed by atoms with Gasteiger partial charge in [-0.05, 0) is 44.3 Å². The number of carbonyl (C=O) groups excluding carboxylic acids is 2. The fourth-order valence-electron chi connectivity index (χ4n) is 4.58. The Kier molecular flexibility index (Phi) is 8.83. The van der Waals surface area contributed by atoms with E-state index in [0.29, 0.717) is 6.42 Å². The number of ketones is 1. The Hall–Kier alpha value is -1.61. The van der Waals surface area contributed by atoms with Gasteiger partial charge in [0.05, 0.1) is 41.5 Å². The van der Waals surface area contributed by atoms with Crippen molar-refractivity contribution in [2.75, 3.05) is 0 Å². The van der Waals surface area contributed by atoms with Crippen LogP contribution in [0, 0.1) is 24.7 Å². The van der Waals surface area contributed by atoms with Crippen molar-refractivity contribution in [2.24, 2.45) is 17.8 Å². The number of rotatable bonds is 2. The monoisotopic (exact) mass is 479 g/mol. The summed E-state index contributed by atoms with van der Waals surface area (Å²) in [4.78, 5) is 30.0. The first kappa shape index (κ1) is 26.0. The van der Waals surface area contributed by atoms with Gasteiger partial charge in [0.1, 0.15) is 11.9 Å². The lowest BCUT2D eigenvalue weighted by Crippen LogP contribution is -2.39. The number of aromatic nitrogens is 1. The Labute approximate surface area is 200 Å². The van der Waals surface area contributed by atoms with E-state index < -0.39 is 36.1 Å². The Bertz CT molecular complexity index is 867. The van der Waals surface area contributed by atoms with Gasteiger partial charge in [0.15, 0.2) is 0 Å². The van der Waals surface area contributed by atoms with Gasteiger partial charge in [-0.15, -0.1) is 11.3 Å². The molecule has 184 valence electrons. The lowest BCUT2D eigenvalue weighted by molar-refractivity contribution is -0.151. The minimum absolute atomic E-state index is 0.0146. The fraction of sp³-hybridized carbons (Fsp3) is 0.720. The SMILES string of the molecule is C/C(=C\c1csc(C)n1)[C@@H]1C[C@@H]2O[C@@H]2CCC[C@H](C)[C@H](O)[C@@H](C)C(=O)[C@H](C)[C@@H](O)CC(=O)O1. The van der Waals surface area contributed by atoms with Crippen molar-refractivity contribution in [1.82, 2.24) is 4.98 Å². The summed E-state index contributed by atoms with van der Waals surface area (Å²) in [6.07, 6.45) is 2.43. The predicted octanol–water partition coefficient (Wildman–Crippen LogP) is 3.70. The van der Waals surface area contributed by atoms with E-state index in [0.717, 1.165) is 35.5 Å². The van der Waals surface area contributed by atoms with Gasteiger partial charge in [0.2, 0.25) is 0 Å². The number of esters is 1. The van der Waals surface area contributed by atoms with Gasteiger partial charge < -0.3 is 19.7 Å². The third kappa shape index (κ3) is 6.94. The number of aliphatic hydroxyl groups is 2. The van der Waals surface area contributed by atoms with Crippen LogP contribution in [0.1, 0.15) is 70.5 Å². The summed E-state index contributed by atoms with van der Waals surface area (Å²) in [6.45, 7) is 9.10. The van der Waals surface area contributed by atoms with Gasteiger partial charge in [0.25, 0.3) is 0 Å². The molecule has 0 spiro atoms. The van der Waals surface area contributed by atoms with Gasteiger partial charge in [0, 0.05) is 23.6 Å². The topological polar surface area (TPSA) is 109 Å². The van der Waals surface area contributed by atoms with Crippen LogP contribution in [0.3, 0.4) is 0 Å². The Morgan fingerprint density at radius 3 is 2.55 bits per heavy atom. The second-order valence-corrected chi connectivity index (χ2v) is 10.8. The largest absolute Gasteiger partial charge is 0.458 e. The van der Waals surface area contributed by atoms with Crippen molar-refractivity contribution >= 4 is 29.2 Å². The lowest BCUT2D eigenvalue weighted by Gasteiger charge is -2.28. The van der Waals surface area contributed by atoms with Crippen LogP contribution in [0.2, 0.25) is 0 Å². The Balaban J connectivity index is 1.77. The number of carbonyl (C=O) groups is 2. The molecule has 2 saturated heterocycles. The number of cyclic esters (lactones) is 1. The molecule has 3 heterocycles. The van der Waals surface area contributed by atoms with Crippen molar-refractivity contribution in [2.45, 2.75) is 97.2 Å². The number of hydrogen-bond acceptors (Lipinski definition) is 8. The maximum absolute atomic E-state index is 12.8. The van der Waals surface area contributed by atoms with Crippen molar-refractivity contribution in [3.63, 3.8) is 0 Å². The first-order chi connectivity index (χ1) is 15.6. The number of thiazole rings is 1. The molecule has 7 nitrogen and oxygen atoms in total. The van der Waals surface area contributed by atoms with Gasteiger partial charge in [-0.1, -0.05) is 27.2 Å². The average molecular weight is 480 g/mol. The average Bonchev–Trinajstić information content (AvgIpc) is 3.38. The van der Waals surface area contributed by atoms with E-state index in [-0.39, 0.29) is 30.3 Å². The van der Waals surface area contributed by atoms with Crippen molar-refractivity contribution in [3.05, 3.63) is 21.7 Å². The fourth-order valence-corrected chi connectivity index (χ4v) is 5.15. The number of aliphatic hydroxyl groups excluding tert-OH is 2. The quantitative estimate of drug-likeness (QED) is 0.492. The molecule has 0 aliphatic carbocycles. The highest BCUT2D eigenvalue weighted by Crippen LogP contribution is 2.35. The summed E-state index contributed by atoms with van der Waals surface area (Å²) in [5.74, 6) is -2.22. The highest BCUT2D eigenvalue weighted by atomic mass is 32.1. The van der Waals surface area contributed by atoms with E-state index >= 15 is 0 Å². The third-order valence-electron chi connectivity index (χ3n) is 7.02. The minimum atomic E-state index is -1.17. The number of epoxide rings is 1. The molecule has 0 amide bonds. The molecule has 0 saturated carbocycles. The maximum atomic E-state index is 12.8. The summed E-state index contributed by atoms with van der Waals surface area (Å²) < 4.78 is 11.6. The first-order valence-electron chi connectivity index (χ1n) is 11.9. The zero-order valence-electron chi connectivity index (χ0n) is 20.2. The normalized spacial score (nSPS) is 37.4. The molecule has 0 radical (unpaired) electrons. The number of ether oxygens (including phenoxy) is 2. The number of Topliss-reactive ketones (excluding diaryl/α,β-unsaturated/α-hetero) is 1. The molecule has 2 aliphatic rings. The molecule has 1 aromatic heterocycles. The van der Waals surface area contributed by atoms with E-state index in [9.17, 15) is 19.8 Å². The number of aryl methyl sites for hydroxylation is 1. The third-order valence-corrected chi connectivity index (χ3v) is 7.81. The van der Waals surface area contributed by atoms with Crippen LogP contribution < -0.4 is 0 Å². The summed E-state index contributed by atoms with van der Waals surface area (Å²) >= 11 is 1.56. The van der Waals surface area contributed by atoms with E-state index in [1.807, 2.05) is 32.2 Å². The highest BCUT2D eigenvalue weighted by Gasteiger charge is 2.42. The zero-order chi connectivity index (χ0) is 24.3. The smallest absolute Gasteiger partial charge is 0.309 e. The number of nitrogens with zero attached hydrogens (tertiary/aromatic N) is 1. The summed E-state index contributed by atoms with van der Waals surface area (Å²) in [6, 6.07) is 0. The molecule has 0 unspecified atom stereocenters. The zero-order valence-corrected chi connectivity index (χ0v) is 21.0. The van der Waals surface area contributed by atoms with Gasteiger partial charge in [-0.25, -0.2) is 4.98 Å². The second kappa shape index (κ2) is 11.2. The molecular weight excluding hydrogens is 442 g/mol. The molecule has 8 heteroatoms. The Morgan fingerprint density at radius 2 is 1.88 bits per heavy atom. The molecule has 2 fully saturated rings. The van der Waals surface area contributed by atoms with Gasteiger partial charge in [-0.3, -0.25) is 9.59 Å². The van der Waals surface area contributed by atoms with Crippen LogP contribution >= 0.6 is 11.3 Å². The van der Waals surface area contributed by atoms with Crippen molar-refractivity contribution < 1.29 is 29.3 Å². The van der Waals surface area contributed by atoms with Crippen LogP contribution in [0.5, 0.6) is 0 Å². The molecule has 1 aromatic rings. The molecule has 0 bridgehead atoms. The van der Waals surface area contributed by atoms with Gasteiger partial charge in [-0.2, -0.15) is 0 Å². The molecule has 3 rings (SSSR count). The highest BCUT2D eigenvalue weighted by molar-refractivity contribution is 7.09. The van der Waals surface area contributed by atoms with Crippen LogP contribution in [0.15, 0.2) is 11.0 Å². The molecule has 33 heavy (non-hydrogen) atoms. The summed E-state index contributed by atoms with van der Waals surface area (Å²) in [5.41, 5.74) is 1.69. The lowest BCUT2D eigenvalue weighted by atomic mass is 9.81. The van der Waals surface area contributed by atoms with Crippen molar-refractivity contribution in [3.8, 4) is 0 Å². The summed E-state index contributed by atoms with van der Waals surface area (Å²) in [5, 5.41) is 24.1. The van der Waals surface area contributed by atoms with Crippen LogP contribution in [-0.4, -0.2) is 57.5 Å². The van der Waals surface area contributed by atoms with Crippen LogP contribution in [-0.2, 0) is 19.1 Å². The second-order valence-electron chi connectivity index (χ2n) is 9.76. The molecule has 0 aromatic carbocycles. The van der Waals surface area contributed by atoms with E-state index in [1.54, 1.807) is 25.2 Å². The Morgan fingerprint density at radius 1 is 1.15 bits per heavy atom. The van der Waals surface area contributed by atoms with Crippen LogP contribution in [0.4, 0.5) is 0 Å². The maximum Gasteiger partial charge on any atom is 0.309 e. The minimum Gasteiger partial charge on any atom is -0.458 e. The van der Waals surface area contributed by atoms with E-state index in [2.05, 4.69) is 4.98 Å². The van der Waals surface area contributed by atoms with Crippen LogP contribution in [0.25, 0.3) is 6.08 Å².